The second kappa shape index (κ2) is 3.15. The summed E-state index contributed by atoms with van der Waals surface area (Å²) in [5, 5.41) is 0. The smallest absolute Gasteiger partial charge is 0.163 e. The van der Waals surface area contributed by atoms with Gasteiger partial charge in [0.15, 0.2) is 11.6 Å². The predicted octanol–water partition coefficient (Wildman–Crippen LogP) is 2.12. The molecule has 0 saturated heterocycles. The van der Waals surface area contributed by atoms with Crippen molar-refractivity contribution in [3.05, 3.63) is 35.1 Å². The highest BCUT2D eigenvalue weighted by Gasteiger charge is 2.13. The zero-order valence-corrected chi connectivity index (χ0v) is 6.44. The van der Waals surface area contributed by atoms with Crippen LogP contribution < -0.4 is 5.73 Å². The van der Waals surface area contributed by atoms with Gasteiger partial charge in [0.1, 0.15) is 5.82 Å². The van der Waals surface area contributed by atoms with Crippen molar-refractivity contribution in [1.29, 1.82) is 0 Å². The predicted molar refractivity (Wildman–Crippen MR) is 38.9 cm³/mol. The van der Waals surface area contributed by atoms with E-state index in [0.29, 0.717) is 6.07 Å². The topological polar surface area (TPSA) is 26.0 Å². The highest BCUT2D eigenvalue weighted by atomic mass is 19.2. The van der Waals surface area contributed by atoms with Gasteiger partial charge in [-0.25, -0.2) is 13.2 Å². The van der Waals surface area contributed by atoms with Crippen molar-refractivity contribution in [3.63, 3.8) is 0 Å². The molecule has 1 aromatic rings. The van der Waals surface area contributed by atoms with Crippen LogP contribution in [0.1, 0.15) is 18.5 Å². The maximum absolute atomic E-state index is 12.8. The molecule has 1 aromatic carbocycles. The number of benzene rings is 1. The second-order valence-electron chi connectivity index (χ2n) is 2.58. The molecule has 4 heteroatoms. The van der Waals surface area contributed by atoms with E-state index < -0.39 is 23.5 Å². The van der Waals surface area contributed by atoms with Crippen molar-refractivity contribution in [1.82, 2.24) is 0 Å². The average Bonchev–Trinajstić information content (AvgIpc) is 1.96. The summed E-state index contributed by atoms with van der Waals surface area (Å²) >= 11 is 0. The Labute approximate surface area is 68.0 Å². The van der Waals surface area contributed by atoms with E-state index in [2.05, 4.69) is 0 Å². The van der Waals surface area contributed by atoms with Gasteiger partial charge in [-0.05, 0) is 13.0 Å². The Morgan fingerprint density at radius 3 is 2.33 bits per heavy atom. The van der Waals surface area contributed by atoms with Gasteiger partial charge in [-0.1, -0.05) is 0 Å². The number of nitrogens with two attached hydrogens (primary N) is 1. The molecule has 66 valence electrons. The summed E-state index contributed by atoms with van der Waals surface area (Å²) in [4.78, 5) is 0. The third kappa shape index (κ3) is 1.58. The lowest BCUT2D eigenvalue weighted by Crippen LogP contribution is -2.09. The van der Waals surface area contributed by atoms with E-state index in [4.69, 9.17) is 5.73 Å². The first-order chi connectivity index (χ1) is 5.52. The lowest BCUT2D eigenvalue weighted by Gasteiger charge is -2.07. The molecule has 2 N–H and O–H groups in total. The molecule has 0 heterocycles. The molecular formula is C8H8F3N. The summed E-state index contributed by atoms with van der Waals surface area (Å²) in [7, 11) is 0. The highest BCUT2D eigenvalue weighted by molar-refractivity contribution is 5.22. The minimum atomic E-state index is -1.21. The first-order valence-corrected chi connectivity index (χ1v) is 3.42. The maximum atomic E-state index is 12.8. The molecule has 0 aliphatic heterocycles. The van der Waals surface area contributed by atoms with E-state index in [9.17, 15) is 13.2 Å². The number of hydrogen-bond donors (Lipinski definition) is 1. The van der Waals surface area contributed by atoms with E-state index in [1.165, 1.54) is 6.92 Å². The Balaban J connectivity index is 3.28. The van der Waals surface area contributed by atoms with E-state index in [1.807, 2.05) is 0 Å². The van der Waals surface area contributed by atoms with Gasteiger partial charge in [-0.2, -0.15) is 0 Å². The highest BCUT2D eigenvalue weighted by Crippen LogP contribution is 2.18. The molecule has 0 aromatic heterocycles. The zero-order chi connectivity index (χ0) is 9.30. The quantitative estimate of drug-likeness (QED) is 0.650. The monoisotopic (exact) mass is 175 g/mol. The Morgan fingerprint density at radius 1 is 1.25 bits per heavy atom. The fraction of sp³-hybridized carbons (Fsp3) is 0.250. The third-order valence-corrected chi connectivity index (χ3v) is 1.51. The molecule has 0 spiro atoms. The number of hydrogen-bond acceptors (Lipinski definition) is 1. The second-order valence-corrected chi connectivity index (χ2v) is 2.58. The van der Waals surface area contributed by atoms with Gasteiger partial charge in [0.2, 0.25) is 0 Å². The Hall–Kier alpha value is -1.03. The lowest BCUT2D eigenvalue weighted by molar-refractivity contribution is 0.478. The van der Waals surface area contributed by atoms with Crippen LogP contribution in [0.25, 0.3) is 0 Å². The van der Waals surface area contributed by atoms with E-state index in [1.54, 1.807) is 0 Å². The van der Waals surface area contributed by atoms with Crippen LogP contribution in [-0.4, -0.2) is 0 Å². The van der Waals surface area contributed by atoms with Crippen LogP contribution in [0, 0.1) is 17.5 Å². The van der Waals surface area contributed by atoms with E-state index in [0.717, 1.165) is 6.07 Å². The summed E-state index contributed by atoms with van der Waals surface area (Å²) in [5.41, 5.74) is 5.13. The van der Waals surface area contributed by atoms with Crippen molar-refractivity contribution in [2.45, 2.75) is 13.0 Å². The van der Waals surface area contributed by atoms with Crippen LogP contribution in [0.2, 0.25) is 0 Å². The van der Waals surface area contributed by atoms with Crippen LogP contribution in [0.4, 0.5) is 13.2 Å². The van der Waals surface area contributed by atoms with Crippen LogP contribution in [0.5, 0.6) is 0 Å². The number of rotatable bonds is 1. The molecular weight excluding hydrogens is 167 g/mol. The fourth-order valence-electron chi connectivity index (χ4n) is 0.907. The van der Waals surface area contributed by atoms with Crippen LogP contribution in [0.3, 0.4) is 0 Å². The van der Waals surface area contributed by atoms with Crippen molar-refractivity contribution < 1.29 is 13.2 Å². The molecule has 0 radical (unpaired) electrons. The van der Waals surface area contributed by atoms with Crippen molar-refractivity contribution >= 4 is 0 Å². The molecule has 1 rings (SSSR count). The average molecular weight is 175 g/mol. The molecule has 0 unspecified atom stereocenters. The van der Waals surface area contributed by atoms with Gasteiger partial charge in [0, 0.05) is 17.7 Å². The minimum absolute atomic E-state index is 0.146. The SMILES string of the molecule is C[C@H](N)c1cc(F)cc(F)c1F. The largest absolute Gasteiger partial charge is 0.324 e. The molecule has 1 nitrogen and oxygen atoms in total. The molecule has 0 aliphatic carbocycles. The first kappa shape index (κ1) is 9.06. The molecule has 0 amide bonds. The van der Waals surface area contributed by atoms with Crippen molar-refractivity contribution in [3.8, 4) is 0 Å². The van der Waals surface area contributed by atoms with Gasteiger partial charge in [-0.3, -0.25) is 0 Å². The standard InChI is InChI=1S/C8H8F3N/c1-4(12)6-2-5(9)3-7(10)8(6)11/h2-4H,12H2,1H3/t4-/m0/s1. The van der Waals surface area contributed by atoms with E-state index >= 15 is 0 Å². The molecule has 12 heavy (non-hydrogen) atoms. The molecule has 0 aliphatic rings. The van der Waals surface area contributed by atoms with Gasteiger partial charge in [0.05, 0.1) is 0 Å². The van der Waals surface area contributed by atoms with Crippen LogP contribution in [-0.2, 0) is 0 Å². The normalized spacial score (nSPS) is 13.1. The van der Waals surface area contributed by atoms with Gasteiger partial charge < -0.3 is 5.73 Å². The van der Waals surface area contributed by atoms with Crippen molar-refractivity contribution in [2.75, 3.05) is 0 Å². The Morgan fingerprint density at radius 2 is 1.83 bits per heavy atom. The lowest BCUT2D eigenvalue weighted by atomic mass is 10.1. The fourth-order valence-corrected chi connectivity index (χ4v) is 0.907. The minimum Gasteiger partial charge on any atom is -0.324 e. The summed E-state index contributed by atoms with van der Waals surface area (Å²) < 4.78 is 37.8. The number of halogens is 3. The van der Waals surface area contributed by atoms with Crippen molar-refractivity contribution in [2.24, 2.45) is 5.73 Å². The Bertz CT molecular complexity index is 297. The summed E-state index contributed by atoms with van der Waals surface area (Å²) in [5.74, 6) is -3.10. The van der Waals surface area contributed by atoms with Crippen LogP contribution in [0.15, 0.2) is 12.1 Å². The van der Waals surface area contributed by atoms with Gasteiger partial charge in [0.25, 0.3) is 0 Å². The molecule has 0 saturated carbocycles. The third-order valence-electron chi connectivity index (χ3n) is 1.51. The van der Waals surface area contributed by atoms with E-state index in [-0.39, 0.29) is 5.56 Å². The summed E-state index contributed by atoms with van der Waals surface area (Å²) in [6.07, 6.45) is 0. The molecule has 0 bridgehead atoms. The Kier molecular flexibility index (Phi) is 2.38. The van der Waals surface area contributed by atoms with Gasteiger partial charge >= 0.3 is 0 Å². The first-order valence-electron chi connectivity index (χ1n) is 3.42. The van der Waals surface area contributed by atoms with Crippen LogP contribution >= 0.6 is 0 Å². The maximum Gasteiger partial charge on any atom is 0.163 e. The molecule has 1 atom stereocenters. The summed E-state index contributed by atoms with van der Waals surface area (Å²) in [6, 6.07) is 0.666. The summed E-state index contributed by atoms with van der Waals surface area (Å²) in [6.45, 7) is 1.46. The zero-order valence-electron chi connectivity index (χ0n) is 6.44. The van der Waals surface area contributed by atoms with Gasteiger partial charge in [-0.15, -0.1) is 0 Å². The molecule has 0 fully saturated rings.